The van der Waals surface area contributed by atoms with Crippen LogP contribution >= 0.6 is 11.6 Å². The monoisotopic (exact) mass is 353 g/mol. The van der Waals surface area contributed by atoms with Crippen molar-refractivity contribution in [2.75, 3.05) is 52.8 Å². The second-order valence-corrected chi connectivity index (χ2v) is 6.93. The van der Waals surface area contributed by atoms with Gasteiger partial charge in [0.25, 0.3) is 0 Å². The Bertz CT molecular complexity index is 625. The molecule has 1 aromatic rings. The normalized spacial score (nSPS) is 24.0. The predicted octanol–water partition coefficient (Wildman–Crippen LogP) is 1.93. The number of hydrogen-bond donors (Lipinski definition) is 1. The molecule has 0 bridgehead atoms. The van der Waals surface area contributed by atoms with Crippen molar-refractivity contribution in [3.63, 3.8) is 0 Å². The molecule has 6 nitrogen and oxygen atoms in total. The summed E-state index contributed by atoms with van der Waals surface area (Å²) in [5.41, 5.74) is 0.560. The first-order valence-corrected chi connectivity index (χ1v) is 8.53. The minimum atomic E-state index is -0.0582. The maximum Gasteiger partial charge on any atom is 0.238 e. The SMILES string of the molecule is COc1cc(OC)c(NC(=O)CN2C[C@H]3CCN(C)[C@H]3C2)cc1Cl. The molecule has 0 unspecified atom stereocenters. The standard InChI is InChI=1S/C17H24ClN3O3/c1-20-5-4-11-8-21(9-14(11)20)10-17(22)19-13-6-12(18)15(23-2)7-16(13)24-3/h6-7,11,14H,4-5,8-10H2,1-3H3,(H,19,22)/t11-,14+/m1/s1. The third-order valence-electron chi connectivity index (χ3n) is 5.02. The quantitative estimate of drug-likeness (QED) is 0.876. The number of fused-ring (bicyclic) bond motifs is 1. The highest BCUT2D eigenvalue weighted by Gasteiger charge is 2.39. The first-order valence-electron chi connectivity index (χ1n) is 8.15. The average Bonchev–Trinajstić information content (AvgIpc) is 3.09. The molecule has 1 amide bonds. The van der Waals surface area contributed by atoms with Gasteiger partial charge in [0.1, 0.15) is 11.5 Å². The zero-order chi connectivity index (χ0) is 17.3. The number of likely N-dealkylation sites (N-methyl/N-ethyl adjacent to an activating group) is 1. The molecular formula is C17H24ClN3O3. The smallest absolute Gasteiger partial charge is 0.238 e. The fraction of sp³-hybridized carbons (Fsp3) is 0.588. The Labute approximate surface area is 147 Å². The molecule has 24 heavy (non-hydrogen) atoms. The van der Waals surface area contributed by atoms with Crippen LogP contribution in [0.15, 0.2) is 12.1 Å². The lowest BCUT2D eigenvalue weighted by Gasteiger charge is -2.20. The van der Waals surface area contributed by atoms with Gasteiger partial charge in [-0.25, -0.2) is 0 Å². The number of carbonyl (C=O) groups is 1. The van der Waals surface area contributed by atoms with Gasteiger partial charge in [0.2, 0.25) is 5.91 Å². The van der Waals surface area contributed by atoms with E-state index in [4.69, 9.17) is 21.1 Å². The van der Waals surface area contributed by atoms with Crippen LogP contribution in [-0.4, -0.2) is 69.2 Å². The van der Waals surface area contributed by atoms with E-state index in [2.05, 4.69) is 22.2 Å². The number of likely N-dealkylation sites (tertiary alicyclic amines) is 2. The number of benzene rings is 1. The van der Waals surface area contributed by atoms with E-state index in [1.807, 2.05) is 0 Å². The molecule has 2 aliphatic rings. The second kappa shape index (κ2) is 7.17. The van der Waals surface area contributed by atoms with Gasteiger partial charge in [-0.05, 0) is 32.0 Å². The fourth-order valence-corrected chi connectivity index (χ4v) is 3.98. The number of nitrogens with one attached hydrogen (secondary N) is 1. The predicted molar refractivity (Wildman–Crippen MR) is 94.2 cm³/mol. The fourth-order valence-electron chi connectivity index (χ4n) is 3.74. The largest absolute Gasteiger partial charge is 0.495 e. The summed E-state index contributed by atoms with van der Waals surface area (Å²) in [6, 6.07) is 3.92. The number of anilines is 1. The van der Waals surface area contributed by atoms with Gasteiger partial charge < -0.3 is 19.7 Å². The molecule has 2 heterocycles. The van der Waals surface area contributed by atoms with Crippen LogP contribution in [0.3, 0.4) is 0 Å². The van der Waals surface area contributed by atoms with E-state index in [0.29, 0.717) is 40.7 Å². The Kier molecular flexibility index (Phi) is 5.18. The average molecular weight is 354 g/mol. The Morgan fingerprint density at radius 1 is 1.29 bits per heavy atom. The van der Waals surface area contributed by atoms with Crippen molar-refractivity contribution in [1.29, 1.82) is 0 Å². The zero-order valence-electron chi connectivity index (χ0n) is 14.3. The molecule has 0 aromatic heterocycles. The highest BCUT2D eigenvalue weighted by atomic mass is 35.5. The molecule has 0 spiro atoms. The van der Waals surface area contributed by atoms with Crippen molar-refractivity contribution in [2.24, 2.45) is 5.92 Å². The summed E-state index contributed by atoms with van der Waals surface area (Å²) in [7, 11) is 5.26. The van der Waals surface area contributed by atoms with Gasteiger partial charge in [-0.3, -0.25) is 9.69 Å². The van der Waals surface area contributed by atoms with Crippen molar-refractivity contribution >= 4 is 23.2 Å². The third kappa shape index (κ3) is 3.45. The molecule has 2 saturated heterocycles. The van der Waals surface area contributed by atoms with Crippen molar-refractivity contribution in [3.8, 4) is 11.5 Å². The summed E-state index contributed by atoms with van der Waals surface area (Å²) < 4.78 is 10.5. The lowest BCUT2D eigenvalue weighted by atomic mass is 10.1. The molecule has 0 aliphatic carbocycles. The zero-order valence-corrected chi connectivity index (χ0v) is 15.1. The molecule has 7 heteroatoms. The van der Waals surface area contributed by atoms with E-state index in [1.165, 1.54) is 6.42 Å². The summed E-state index contributed by atoms with van der Waals surface area (Å²) in [6.07, 6.45) is 1.22. The molecular weight excluding hydrogens is 330 g/mol. The molecule has 1 aromatic carbocycles. The number of nitrogens with zero attached hydrogens (tertiary/aromatic N) is 2. The van der Waals surface area contributed by atoms with Gasteiger partial charge >= 0.3 is 0 Å². The first-order chi connectivity index (χ1) is 11.5. The Morgan fingerprint density at radius 2 is 2.04 bits per heavy atom. The second-order valence-electron chi connectivity index (χ2n) is 6.53. The number of carbonyl (C=O) groups excluding carboxylic acids is 1. The molecule has 2 atom stereocenters. The van der Waals surface area contributed by atoms with Crippen LogP contribution < -0.4 is 14.8 Å². The third-order valence-corrected chi connectivity index (χ3v) is 5.31. The number of ether oxygens (including phenoxy) is 2. The molecule has 132 valence electrons. The van der Waals surface area contributed by atoms with Gasteiger partial charge in [0.15, 0.2) is 0 Å². The number of amides is 1. The number of methoxy groups -OCH3 is 2. The van der Waals surface area contributed by atoms with E-state index < -0.39 is 0 Å². The molecule has 2 aliphatic heterocycles. The minimum absolute atomic E-state index is 0.0582. The van der Waals surface area contributed by atoms with E-state index in [0.717, 1.165) is 19.6 Å². The lowest BCUT2D eigenvalue weighted by molar-refractivity contribution is -0.117. The van der Waals surface area contributed by atoms with Crippen molar-refractivity contribution in [2.45, 2.75) is 12.5 Å². The Balaban J connectivity index is 1.62. The van der Waals surface area contributed by atoms with Gasteiger partial charge in [-0.1, -0.05) is 11.6 Å². The van der Waals surface area contributed by atoms with Crippen molar-refractivity contribution in [3.05, 3.63) is 17.2 Å². The van der Waals surface area contributed by atoms with Crippen molar-refractivity contribution in [1.82, 2.24) is 9.80 Å². The van der Waals surface area contributed by atoms with Crippen LogP contribution in [0, 0.1) is 5.92 Å². The van der Waals surface area contributed by atoms with E-state index in [1.54, 1.807) is 26.4 Å². The molecule has 0 saturated carbocycles. The lowest BCUT2D eigenvalue weighted by Crippen LogP contribution is -2.36. The molecule has 0 radical (unpaired) electrons. The summed E-state index contributed by atoms with van der Waals surface area (Å²) in [5.74, 6) is 1.68. The van der Waals surface area contributed by atoms with Gasteiger partial charge in [0, 0.05) is 25.2 Å². The number of halogens is 1. The van der Waals surface area contributed by atoms with Crippen LogP contribution in [-0.2, 0) is 4.79 Å². The summed E-state index contributed by atoms with van der Waals surface area (Å²) in [6.45, 7) is 3.49. The maximum atomic E-state index is 12.4. The summed E-state index contributed by atoms with van der Waals surface area (Å²) in [4.78, 5) is 17.0. The minimum Gasteiger partial charge on any atom is -0.495 e. The van der Waals surface area contributed by atoms with Gasteiger partial charge in [-0.2, -0.15) is 0 Å². The summed E-state index contributed by atoms with van der Waals surface area (Å²) in [5, 5.41) is 3.33. The molecule has 1 N–H and O–H groups in total. The first kappa shape index (κ1) is 17.3. The number of rotatable bonds is 5. The van der Waals surface area contributed by atoms with E-state index in [9.17, 15) is 4.79 Å². The highest BCUT2D eigenvalue weighted by molar-refractivity contribution is 6.32. The maximum absolute atomic E-state index is 12.4. The van der Waals surface area contributed by atoms with Crippen LogP contribution in [0.1, 0.15) is 6.42 Å². The van der Waals surface area contributed by atoms with Crippen LogP contribution in [0.4, 0.5) is 5.69 Å². The van der Waals surface area contributed by atoms with E-state index in [-0.39, 0.29) is 5.91 Å². The van der Waals surface area contributed by atoms with Crippen LogP contribution in [0.25, 0.3) is 0 Å². The Hall–Kier alpha value is -1.50. The van der Waals surface area contributed by atoms with Crippen LogP contribution in [0.2, 0.25) is 5.02 Å². The number of hydrogen-bond acceptors (Lipinski definition) is 5. The highest BCUT2D eigenvalue weighted by Crippen LogP contribution is 2.36. The van der Waals surface area contributed by atoms with E-state index >= 15 is 0 Å². The Morgan fingerprint density at radius 3 is 2.71 bits per heavy atom. The van der Waals surface area contributed by atoms with Gasteiger partial charge in [0.05, 0.1) is 31.5 Å². The topological polar surface area (TPSA) is 54.0 Å². The van der Waals surface area contributed by atoms with Crippen LogP contribution in [0.5, 0.6) is 11.5 Å². The van der Waals surface area contributed by atoms with Gasteiger partial charge in [-0.15, -0.1) is 0 Å². The molecule has 2 fully saturated rings. The molecule has 3 rings (SSSR count). The van der Waals surface area contributed by atoms with Crippen molar-refractivity contribution < 1.29 is 14.3 Å². The summed E-state index contributed by atoms with van der Waals surface area (Å²) >= 11 is 6.15.